The summed E-state index contributed by atoms with van der Waals surface area (Å²) in [6, 6.07) is 18.1. The normalized spacial score (nSPS) is 15.8. The first kappa shape index (κ1) is 20.6. The lowest BCUT2D eigenvalue weighted by atomic mass is 9.99. The molecule has 4 aromatic rings. The van der Waals surface area contributed by atoms with Gasteiger partial charge in [0.05, 0.1) is 6.54 Å². The van der Waals surface area contributed by atoms with Gasteiger partial charge in [0, 0.05) is 11.1 Å². The predicted octanol–water partition coefficient (Wildman–Crippen LogP) is 3.70. The van der Waals surface area contributed by atoms with Crippen LogP contribution < -0.4 is 5.56 Å². The molecule has 1 fully saturated rings. The molecule has 0 saturated carbocycles. The number of aromatic amines is 1. The molecular formula is C25H28N6O. The number of nitrogens with zero attached hydrogens (tertiary/aromatic N) is 5. The van der Waals surface area contributed by atoms with Gasteiger partial charge in [-0.3, -0.25) is 9.69 Å². The molecule has 0 amide bonds. The standard InChI is InChI=1S/C25H28N6O/c1-2-18-11-12-22-20(15-18)16-21(25(32)26-22)23(30-13-7-4-8-14-30)24-27-28-29-31(24)17-19-9-5-3-6-10-19/h3,5-6,9-12,15-16,23H,2,4,7-8,13-14,17H2,1H3,(H,26,32)/t23-/m0/s1. The van der Waals surface area contributed by atoms with Crippen LogP contribution in [0.3, 0.4) is 0 Å². The van der Waals surface area contributed by atoms with Gasteiger partial charge in [-0.15, -0.1) is 5.10 Å². The lowest BCUT2D eigenvalue weighted by Crippen LogP contribution is -2.38. The summed E-state index contributed by atoms with van der Waals surface area (Å²) in [6.07, 6.45) is 4.39. The Hall–Kier alpha value is -3.32. The fourth-order valence-corrected chi connectivity index (χ4v) is 4.65. The van der Waals surface area contributed by atoms with Gasteiger partial charge in [-0.25, -0.2) is 4.68 Å². The van der Waals surface area contributed by atoms with Gasteiger partial charge in [0.2, 0.25) is 0 Å². The van der Waals surface area contributed by atoms with Gasteiger partial charge in [-0.05, 0) is 77.5 Å². The highest BCUT2D eigenvalue weighted by Gasteiger charge is 2.31. The molecule has 164 valence electrons. The van der Waals surface area contributed by atoms with Crippen LogP contribution in [0.2, 0.25) is 0 Å². The maximum absolute atomic E-state index is 13.3. The van der Waals surface area contributed by atoms with E-state index in [9.17, 15) is 4.79 Å². The molecule has 1 saturated heterocycles. The first-order chi connectivity index (χ1) is 15.7. The topological polar surface area (TPSA) is 79.7 Å². The van der Waals surface area contributed by atoms with Crippen LogP contribution in [0.5, 0.6) is 0 Å². The Kier molecular flexibility index (Phi) is 5.81. The molecule has 5 rings (SSSR count). The van der Waals surface area contributed by atoms with Crippen molar-refractivity contribution in [1.29, 1.82) is 0 Å². The van der Waals surface area contributed by atoms with Crippen molar-refractivity contribution in [2.45, 2.75) is 45.2 Å². The number of H-pyrrole nitrogens is 1. The van der Waals surface area contributed by atoms with Gasteiger partial charge in [0.15, 0.2) is 5.82 Å². The molecular weight excluding hydrogens is 400 g/mol. The molecule has 0 aliphatic carbocycles. The number of nitrogens with one attached hydrogen (secondary N) is 1. The van der Waals surface area contributed by atoms with Crippen molar-refractivity contribution in [3.63, 3.8) is 0 Å². The largest absolute Gasteiger partial charge is 0.322 e. The lowest BCUT2D eigenvalue weighted by Gasteiger charge is -2.33. The summed E-state index contributed by atoms with van der Waals surface area (Å²) < 4.78 is 1.83. The Bertz CT molecular complexity index is 1260. The molecule has 1 N–H and O–H groups in total. The molecule has 0 bridgehead atoms. The Morgan fingerprint density at radius 3 is 2.59 bits per heavy atom. The highest BCUT2D eigenvalue weighted by atomic mass is 16.1. The van der Waals surface area contributed by atoms with Crippen LogP contribution >= 0.6 is 0 Å². The minimum atomic E-state index is -0.285. The molecule has 1 aliphatic rings. The van der Waals surface area contributed by atoms with Gasteiger partial charge in [0.1, 0.15) is 6.04 Å². The van der Waals surface area contributed by atoms with Gasteiger partial charge < -0.3 is 4.98 Å². The first-order valence-electron chi connectivity index (χ1n) is 11.4. The number of benzene rings is 2. The van der Waals surface area contributed by atoms with Crippen molar-refractivity contribution >= 4 is 10.9 Å². The van der Waals surface area contributed by atoms with E-state index >= 15 is 0 Å². The van der Waals surface area contributed by atoms with Crippen LogP contribution in [0, 0.1) is 0 Å². The minimum absolute atomic E-state index is 0.0772. The van der Waals surface area contributed by atoms with Crippen molar-refractivity contribution in [2.24, 2.45) is 0 Å². The van der Waals surface area contributed by atoms with E-state index in [1.165, 1.54) is 12.0 Å². The van der Waals surface area contributed by atoms with E-state index in [-0.39, 0.29) is 11.6 Å². The van der Waals surface area contributed by atoms with E-state index in [0.717, 1.165) is 48.8 Å². The maximum Gasteiger partial charge on any atom is 0.253 e. The van der Waals surface area contributed by atoms with E-state index in [1.807, 2.05) is 35.0 Å². The maximum atomic E-state index is 13.3. The SMILES string of the molecule is CCc1ccc2[nH]c(=O)c([C@@H](c3nnnn3Cc3ccccc3)N3CCCCC3)cc2c1. The van der Waals surface area contributed by atoms with E-state index in [0.29, 0.717) is 17.9 Å². The fraction of sp³-hybridized carbons (Fsp3) is 0.360. The molecule has 0 unspecified atom stereocenters. The molecule has 0 spiro atoms. The molecule has 3 heterocycles. The quantitative estimate of drug-likeness (QED) is 0.507. The number of piperidine rings is 1. The van der Waals surface area contributed by atoms with Gasteiger partial charge in [-0.1, -0.05) is 49.7 Å². The van der Waals surface area contributed by atoms with E-state index in [1.54, 1.807) is 0 Å². The average Bonchev–Trinajstić information content (AvgIpc) is 3.28. The van der Waals surface area contributed by atoms with Gasteiger partial charge in [0.25, 0.3) is 5.56 Å². The first-order valence-corrected chi connectivity index (χ1v) is 11.4. The summed E-state index contributed by atoms with van der Waals surface area (Å²) in [5, 5.41) is 13.8. The zero-order chi connectivity index (χ0) is 21.9. The molecule has 1 atom stereocenters. The second-order valence-corrected chi connectivity index (χ2v) is 8.51. The number of fused-ring (bicyclic) bond motifs is 1. The Labute approximate surface area is 187 Å². The van der Waals surface area contributed by atoms with Crippen molar-refractivity contribution in [2.75, 3.05) is 13.1 Å². The number of pyridine rings is 1. The highest BCUT2D eigenvalue weighted by molar-refractivity contribution is 5.80. The Morgan fingerprint density at radius 1 is 1.00 bits per heavy atom. The highest BCUT2D eigenvalue weighted by Crippen LogP contribution is 2.29. The zero-order valence-corrected chi connectivity index (χ0v) is 18.4. The third-order valence-corrected chi connectivity index (χ3v) is 6.38. The summed E-state index contributed by atoms with van der Waals surface area (Å²) in [4.78, 5) is 18.7. The summed E-state index contributed by atoms with van der Waals surface area (Å²) in [7, 11) is 0. The van der Waals surface area contributed by atoms with Crippen LogP contribution in [0.4, 0.5) is 0 Å². The number of tetrazole rings is 1. The summed E-state index contributed by atoms with van der Waals surface area (Å²) in [6.45, 7) is 4.56. The summed E-state index contributed by atoms with van der Waals surface area (Å²) in [5.41, 5.74) is 3.86. The average molecular weight is 429 g/mol. The van der Waals surface area contributed by atoms with Crippen molar-refractivity contribution in [3.8, 4) is 0 Å². The van der Waals surface area contributed by atoms with Crippen molar-refractivity contribution < 1.29 is 0 Å². The Morgan fingerprint density at radius 2 is 1.81 bits per heavy atom. The predicted molar refractivity (Wildman–Crippen MR) is 125 cm³/mol. The molecule has 7 heteroatoms. The number of hydrogen-bond acceptors (Lipinski definition) is 5. The van der Waals surface area contributed by atoms with Crippen LogP contribution in [-0.4, -0.2) is 43.2 Å². The monoisotopic (exact) mass is 428 g/mol. The number of rotatable bonds is 6. The summed E-state index contributed by atoms with van der Waals surface area (Å²) in [5.74, 6) is 0.715. The number of aromatic nitrogens is 5. The van der Waals surface area contributed by atoms with E-state index in [4.69, 9.17) is 0 Å². The van der Waals surface area contributed by atoms with Crippen LogP contribution in [-0.2, 0) is 13.0 Å². The second kappa shape index (κ2) is 9.04. The van der Waals surface area contributed by atoms with Crippen LogP contribution in [0.15, 0.2) is 59.4 Å². The van der Waals surface area contributed by atoms with E-state index in [2.05, 4.69) is 56.6 Å². The Balaban J connectivity index is 1.62. The number of aryl methyl sites for hydroxylation is 1. The third kappa shape index (κ3) is 4.08. The molecule has 7 nitrogen and oxygen atoms in total. The molecule has 32 heavy (non-hydrogen) atoms. The van der Waals surface area contributed by atoms with Crippen LogP contribution in [0.25, 0.3) is 10.9 Å². The van der Waals surface area contributed by atoms with Gasteiger partial charge in [-0.2, -0.15) is 0 Å². The molecule has 2 aromatic heterocycles. The number of hydrogen-bond donors (Lipinski definition) is 1. The van der Waals surface area contributed by atoms with Gasteiger partial charge >= 0.3 is 0 Å². The second-order valence-electron chi connectivity index (χ2n) is 8.51. The van der Waals surface area contributed by atoms with Crippen molar-refractivity contribution in [3.05, 3.63) is 87.5 Å². The smallest absolute Gasteiger partial charge is 0.253 e. The fourth-order valence-electron chi connectivity index (χ4n) is 4.65. The minimum Gasteiger partial charge on any atom is -0.322 e. The summed E-state index contributed by atoms with van der Waals surface area (Å²) >= 11 is 0. The lowest BCUT2D eigenvalue weighted by molar-refractivity contribution is 0.177. The molecule has 1 aliphatic heterocycles. The molecule has 2 aromatic carbocycles. The molecule has 0 radical (unpaired) electrons. The van der Waals surface area contributed by atoms with Crippen LogP contribution in [0.1, 0.15) is 54.7 Å². The zero-order valence-electron chi connectivity index (χ0n) is 18.4. The number of likely N-dealkylation sites (tertiary alicyclic amines) is 1. The van der Waals surface area contributed by atoms with Crippen molar-refractivity contribution in [1.82, 2.24) is 30.1 Å². The van der Waals surface area contributed by atoms with E-state index < -0.39 is 0 Å². The third-order valence-electron chi connectivity index (χ3n) is 6.38.